The molecule has 1 unspecified atom stereocenters. The summed E-state index contributed by atoms with van der Waals surface area (Å²) in [7, 11) is 0. The first-order chi connectivity index (χ1) is 12.3. The summed E-state index contributed by atoms with van der Waals surface area (Å²) in [5.74, 6) is -4.34. The fourth-order valence-electron chi connectivity index (χ4n) is 2.77. The lowest BCUT2D eigenvalue weighted by atomic mass is 10.1. The van der Waals surface area contributed by atoms with E-state index in [0.29, 0.717) is 5.69 Å². The van der Waals surface area contributed by atoms with Gasteiger partial charge in [-0.2, -0.15) is 13.2 Å². The van der Waals surface area contributed by atoms with Gasteiger partial charge < -0.3 is 9.67 Å². The third-order valence-corrected chi connectivity index (χ3v) is 4.02. The van der Waals surface area contributed by atoms with Crippen LogP contribution in [0.4, 0.5) is 13.2 Å². The summed E-state index contributed by atoms with van der Waals surface area (Å²) in [5, 5.41) is 8.93. The first-order valence-corrected chi connectivity index (χ1v) is 7.78. The van der Waals surface area contributed by atoms with Gasteiger partial charge in [0.1, 0.15) is 5.82 Å². The predicted molar refractivity (Wildman–Crippen MR) is 90.2 cm³/mol. The summed E-state index contributed by atoms with van der Waals surface area (Å²) < 4.78 is 40.5. The third kappa shape index (κ3) is 3.46. The van der Waals surface area contributed by atoms with Crippen LogP contribution in [0.1, 0.15) is 17.4 Å². The van der Waals surface area contributed by atoms with Crippen LogP contribution in [0.2, 0.25) is 0 Å². The van der Waals surface area contributed by atoms with E-state index < -0.39 is 23.8 Å². The molecule has 3 rings (SSSR count). The average Bonchev–Trinajstić information content (AvgIpc) is 2.95. The summed E-state index contributed by atoms with van der Waals surface area (Å²) in [6, 6.07) is 16.9. The maximum absolute atomic E-state index is 13.0. The first kappa shape index (κ1) is 17.7. The number of hydrogen-bond acceptors (Lipinski definition) is 2. The molecule has 1 atom stereocenters. The summed E-state index contributed by atoms with van der Waals surface area (Å²) in [6.07, 6.45) is -3.78. The molecule has 0 saturated carbocycles. The van der Waals surface area contributed by atoms with Crippen LogP contribution in [-0.4, -0.2) is 26.8 Å². The van der Waals surface area contributed by atoms with Crippen molar-refractivity contribution in [2.45, 2.75) is 19.0 Å². The second-order valence-electron chi connectivity index (χ2n) is 5.81. The van der Waals surface area contributed by atoms with Crippen LogP contribution in [-0.2, 0) is 4.79 Å². The lowest BCUT2D eigenvalue weighted by Crippen LogP contribution is -2.28. The van der Waals surface area contributed by atoms with Crippen molar-refractivity contribution >= 4 is 5.97 Å². The van der Waals surface area contributed by atoms with E-state index in [0.717, 1.165) is 17.3 Å². The molecule has 1 aromatic heterocycles. The fourth-order valence-corrected chi connectivity index (χ4v) is 2.77. The van der Waals surface area contributed by atoms with Crippen LogP contribution < -0.4 is 0 Å². The van der Waals surface area contributed by atoms with Crippen LogP contribution in [0.5, 0.6) is 0 Å². The van der Waals surface area contributed by atoms with Crippen LogP contribution in [0.3, 0.4) is 0 Å². The highest BCUT2D eigenvalue weighted by atomic mass is 19.4. The summed E-state index contributed by atoms with van der Waals surface area (Å²) in [4.78, 5) is 14.9. The zero-order valence-electron chi connectivity index (χ0n) is 13.7. The molecular weight excluding hydrogens is 345 g/mol. The minimum atomic E-state index is -4.91. The van der Waals surface area contributed by atoms with E-state index in [1.165, 1.54) is 11.5 Å². The van der Waals surface area contributed by atoms with Gasteiger partial charge in [-0.25, -0.2) is 4.98 Å². The number of aliphatic carboxylic acids is 1. The molecule has 0 spiro atoms. The van der Waals surface area contributed by atoms with E-state index in [-0.39, 0.29) is 5.82 Å². The van der Waals surface area contributed by atoms with Crippen molar-refractivity contribution in [2.24, 2.45) is 0 Å². The molecule has 1 heterocycles. The summed E-state index contributed by atoms with van der Waals surface area (Å²) in [6.45, 7) is 1.53. The fraction of sp³-hybridized carbons (Fsp3) is 0.158. The number of nitrogens with zero attached hydrogens (tertiary/aromatic N) is 2. The van der Waals surface area contributed by atoms with Gasteiger partial charge in [0.15, 0.2) is 5.92 Å². The van der Waals surface area contributed by atoms with Crippen LogP contribution >= 0.6 is 0 Å². The molecule has 4 nitrogen and oxygen atoms in total. The lowest BCUT2D eigenvalue weighted by molar-refractivity contribution is -0.177. The number of imidazole rings is 1. The molecule has 0 radical (unpaired) electrons. The number of rotatable bonds is 4. The largest absolute Gasteiger partial charge is 0.480 e. The van der Waals surface area contributed by atoms with E-state index >= 15 is 0 Å². The number of halogens is 3. The molecule has 0 saturated heterocycles. The van der Waals surface area contributed by atoms with Gasteiger partial charge in [0, 0.05) is 11.9 Å². The van der Waals surface area contributed by atoms with Gasteiger partial charge in [-0.3, -0.25) is 4.79 Å². The number of hydrogen-bond donors (Lipinski definition) is 1. The Balaban J connectivity index is 1.96. The molecule has 0 fully saturated rings. The van der Waals surface area contributed by atoms with Crippen LogP contribution in [0.15, 0.2) is 60.8 Å². The third-order valence-electron chi connectivity index (χ3n) is 4.02. The predicted octanol–water partition coefficient (Wildman–Crippen LogP) is 4.58. The minimum Gasteiger partial charge on any atom is -0.480 e. The standard InChI is InChI=1S/C19H15F3N2O2/c1-12-23-16(17(18(25)26)19(20,21)22)11-24(12)15-9-7-14(8-10-15)13-5-3-2-4-6-13/h2-11,17H,1H3,(H,25,26). The molecule has 3 aromatic rings. The molecule has 1 N–H and O–H groups in total. The van der Waals surface area contributed by atoms with E-state index in [4.69, 9.17) is 5.11 Å². The van der Waals surface area contributed by atoms with E-state index in [2.05, 4.69) is 4.98 Å². The second-order valence-corrected chi connectivity index (χ2v) is 5.81. The van der Waals surface area contributed by atoms with E-state index in [1.54, 1.807) is 12.1 Å². The van der Waals surface area contributed by atoms with Gasteiger partial charge in [0.05, 0.1) is 5.69 Å². The Morgan fingerprint density at radius 3 is 2.15 bits per heavy atom. The molecule has 0 amide bonds. The second kappa shape index (κ2) is 6.67. The zero-order chi connectivity index (χ0) is 18.9. The number of benzene rings is 2. The lowest BCUT2D eigenvalue weighted by Gasteiger charge is -2.13. The maximum Gasteiger partial charge on any atom is 0.407 e. The number of aryl methyl sites for hydroxylation is 1. The Morgan fingerprint density at radius 1 is 1.04 bits per heavy atom. The molecule has 0 bridgehead atoms. The molecule has 0 aliphatic carbocycles. The average molecular weight is 360 g/mol. The highest BCUT2D eigenvalue weighted by Gasteiger charge is 2.48. The van der Waals surface area contributed by atoms with Crippen molar-refractivity contribution in [1.29, 1.82) is 0 Å². The smallest absolute Gasteiger partial charge is 0.407 e. The monoisotopic (exact) mass is 360 g/mol. The topological polar surface area (TPSA) is 55.1 Å². The highest BCUT2D eigenvalue weighted by Crippen LogP contribution is 2.35. The Bertz CT molecular complexity index is 916. The molecule has 7 heteroatoms. The quantitative estimate of drug-likeness (QED) is 0.741. The number of aromatic nitrogens is 2. The minimum absolute atomic E-state index is 0.281. The Kier molecular flexibility index (Phi) is 4.54. The Labute approximate surface area is 147 Å². The van der Waals surface area contributed by atoms with Gasteiger partial charge in [0.2, 0.25) is 0 Å². The molecule has 26 heavy (non-hydrogen) atoms. The highest BCUT2D eigenvalue weighted by molar-refractivity contribution is 5.76. The first-order valence-electron chi connectivity index (χ1n) is 7.78. The normalized spacial score (nSPS) is 12.8. The Hall–Kier alpha value is -3.09. The molecule has 0 aliphatic rings. The van der Waals surface area contributed by atoms with Crippen LogP contribution in [0.25, 0.3) is 16.8 Å². The summed E-state index contributed by atoms with van der Waals surface area (Å²) >= 11 is 0. The molecule has 134 valence electrons. The van der Waals surface area contributed by atoms with Crippen LogP contribution in [0, 0.1) is 6.92 Å². The molecule has 0 aliphatic heterocycles. The zero-order valence-corrected chi connectivity index (χ0v) is 13.7. The van der Waals surface area contributed by atoms with Crippen molar-refractivity contribution in [2.75, 3.05) is 0 Å². The summed E-state index contributed by atoms with van der Waals surface area (Å²) in [5.41, 5.74) is 2.05. The van der Waals surface area contributed by atoms with Gasteiger partial charge in [-0.05, 0) is 30.2 Å². The van der Waals surface area contributed by atoms with Crippen molar-refractivity contribution in [1.82, 2.24) is 9.55 Å². The number of alkyl halides is 3. The van der Waals surface area contributed by atoms with Crippen molar-refractivity contribution in [3.8, 4) is 16.8 Å². The van der Waals surface area contributed by atoms with E-state index in [9.17, 15) is 18.0 Å². The van der Waals surface area contributed by atoms with Crippen molar-refractivity contribution in [3.63, 3.8) is 0 Å². The van der Waals surface area contributed by atoms with Gasteiger partial charge >= 0.3 is 12.1 Å². The molecule has 2 aromatic carbocycles. The Morgan fingerprint density at radius 2 is 1.62 bits per heavy atom. The number of carbonyl (C=O) groups is 1. The number of carboxylic acids is 1. The van der Waals surface area contributed by atoms with Crippen molar-refractivity contribution < 1.29 is 23.1 Å². The molecular formula is C19H15F3N2O2. The van der Waals surface area contributed by atoms with Crippen molar-refractivity contribution in [3.05, 3.63) is 72.3 Å². The van der Waals surface area contributed by atoms with Gasteiger partial charge in [0.25, 0.3) is 0 Å². The number of carboxylic acid groups (broad SMARTS) is 1. The van der Waals surface area contributed by atoms with E-state index in [1.807, 2.05) is 42.5 Å². The maximum atomic E-state index is 13.0. The van der Waals surface area contributed by atoms with Gasteiger partial charge in [-0.15, -0.1) is 0 Å². The van der Waals surface area contributed by atoms with Gasteiger partial charge in [-0.1, -0.05) is 42.5 Å². The SMILES string of the molecule is Cc1nc(C(C(=O)O)C(F)(F)F)cn1-c1ccc(-c2ccccc2)cc1.